The van der Waals surface area contributed by atoms with Crippen LogP contribution in [0.25, 0.3) is 0 Å². The van der Waals surface area contributed by atoms with Gasteiger partial charge in [-0.2, -0.15) is 0 Å². The number of fused-ring (bicyclic) bond motifs is 1. The first-order valence-corrected chi connectivity index (χ1v) is 9.88. The predicted molar refractivity (Wildman–Crippen MR) is 93.9 cm³/mol. The second kappa shape index (κ2) is 5.99. The molecule has 0 aromatic carbocycles. The van der Waals surface area contributed by atoms with E-state index in [0.29, 0.717) is 6.42 Å². The highest BCUT2D eigenvalue weighted by molar-refractivity contribution is 7.11. The number of carbonyl (C=O) groups is 1. The maximum Gasteiger partial charge on any atom is 0.228 e. The summed E-state index contributed by atoms with van der Waals surface area (Å²) in [5.74, 6) is 0.234. The SMILES string of the molecule is O=C(Cc1cccs1)N1CCc2sccc2C1c1cccs1. The summed E-state index contributed by atoms with van der Waals surface area (Å²) in [5, 5.41) is 6.28. The fourth-order valence-electron chi connectivity index (χ4n) is 3.00. The molecule has 0 aliphatic carbocycles. The van der Waals surface area contributed by atoms with E-state index in [1.165, 1.54) is 15.3 Å². The zero-order valence-corrected chi connectivity index (χ0v) is 14.3. The first-order valence-electron chi connectivity index (χ1n) is 7.24. The molecule has 0 radical (unpaired) electrons. The van der Waals surface area contributed by atoms with Crippen molar-refractivity contribution in [2.45, 2.75) is 18.9 Å². The van der Waals surface area contributed by atoms with E-state index in [9.17, 15) is 4.79 Å². The van der Waals surface area contributed by atoms with E-state index in [2.05, 4.69) is 33.9 Å². The first-order chi connectivity index (χ1) is 10.8. The van der Waals surface area contributed by atoms with Crippen molar-refractivity contribution in [3.63, 3.8) is 0 Å². The lowest BCUT2D eigenvalue weighted by Crippen LogP contribution is -2.40. The molecule has 22 heavy (non-hydrogen) atoms. The van der Waals surface area contributed by atoms with Crippen molar-refractivity contribution in [1.29, 1.82) is 0 Å². The molecule has 0 fully saturated rings. The molecule has 2 nitrogen and oxygen atoms in total. The third-order valence-corrected chi connectivity index (χ3v) is 6.80. The van der Waals surface area contributed by atoms with E-state index < -0.39 is 0 Å². The van der Waals surface area contributed by atoms with Gasteiger partial charge >= 0.3 is 0 Å². The second-order valence-corrected chi connectivity index (χ2v) is 8.32. The Morgan fingerprint density at radius 1 is 1.09 bits per heavy atom. The molecule has 1 aliphatic heterocycles. The number of hydrogen-bond acceptors (Lipinski definition) is 4. The smallest absolute Gasteiger partial charge is 0.228 e. The summed E-state index contributed by atoms with van der Waals surface area (Å²) in [4.78, 5) is 18.7. The molecule has 0 spiro atoms. The molecule has 1 aliphatic rings. The zero-order chi connectivity index (χ0) is 14.9. The van der Waals surface area contributed by atoms with E-state index >= 15 is 0 Å². The molecule has 4 rings (SSSR count). The summed E-state index contributed by atoms with van der Waals surface area (Å²) in [5.41, 5.74) is 1.32. The monoisotopic (exact) mass is 345 g/mol. The average Bonchev–Trinajstić information content (AvgIpc) is 3.27. The van der Waals surface area contributed by atoms with Crippen molar-refractivity contribution in [1.82, 2.24) is 4.90 Å². The summed E-state index contributed by atoms with van der Waals surface area (Å²) in [6.07, 6.45) is 1.49. The highest BCUT2D eigenvalue weighted by atomic mass is 32.1. The van der Waals surface area contributed by atoms with Crippen LogP contribution in [0.2, 0.25) is 0 Å². The molecule has 0 saturated carbocycles. The minimum atomic E-state index is 0.0995. The minimum Gasteiger partial charge on any atom is -0.330 e. The molecule has 3 aromatic rings. The maximum absolute atomic E-state index is 12.8. The van der Waals surface area contributed by atoms with Crippen molar-refractivity contribution >= 4 is 39.9 Å². The van der Waals surface area contributed by atoms with Gasteiger partial charge in [0.25, 0.3) is 0 Å². The summed E-state index contributed by atoms with van der Waals surface area (Å²) >= 11 is 5.21. The second-order valence-electron chi connectivity index (χ2n) is 5.31. The fourth-order valence-corrected chi connectivity index (χ4v) is 5.46. The van der Waals surface area contributed by atoms with Gasteiger partial charge in [-0.1, -0.05) is 12.1 Å². The number of amides is 1. The van der Waals surface area contributed by atoms with E-state index in [0.717, 1.165) is 17.8 Å². The van der Waals surface area contributed by atoms with Crippen LogP contribution in [0.5, 0.6) is 0 Å². The van der Waals surface area contributed by atoms with Crippen molar-refractivity contribution in [2.24, 2.45) is 0 Å². The topological polar surface area (TPSA) is 20.3 Å². The maximum atomic E-state index is 12.8. The van der Waals surface area contributed by atoms with Crippen LogP contribution < -0.4 is 0 Å². The zero-order valence-electron chi connectivity index (χ0n) is 11.9. The molecule has 0 N–H and O–H groups in total. The van der Waals surface area contributed by atoms with Crippen molar-refractivity contribution in [2.75, 3.05) is 6.54 Å². The fraction of sp³-hybridized carbons (Fsp3) is 0.235. The van der Waals surface area contributed by atoms with Crippen LogP contribution in [0.3, 0.4) is 0 Å². The van der Waals surface area contributed by atoms with Crippen LogP contribution in [0, 0.1) is 0 Å². The predicted octanol–water partition coefficient (Wildman–Crippen LogP) is 4.59. The highest BCUT2D eigenvalue weighted by Gasteiger charge is 2.33. The number of rotatable bonds is 3. The van der Waals surface area contributed by atoms with Crippen molar-refractivity contribution < 1.29 is 4.79 Å². The molecule has 4 heterocycles. The van der Waals surface area contributed by atoms with Gasteiger partial charge in [0.15, 0.2) is 0 Å². The van der Waals surface area contributed by atoms with E-state index in [4.69, 9.17) is 0 Å². The van der Waals surface area contributed by atoms with Crippen LogP contribution >= 0.6 is 34.0 Å². The Bertz CT molecular complexity index is 758. The van der Waals surface area contributed by atoms with Gasteiger partial charge in [0.2, 0.25) is 5.91 Å². The lowest BCUT2D eigenvalue weighted by molar-refractivity contribution is -0.132. The van der Waals surface area contributed by atoms with Gasteiger partial charge in [0, 0.05) is 21.2 Å². The Balaban J connectivity index is 1.67. The molecular weight excluding hydrogens is 330 g/mol. The Labute approximate surface area is 141 Å². The van der Waals surface area contributed by atoms with Gasteiger partial charge in [-0.05, 0) is 46.3 Å². The molecule has 0 saturated heterocycles. The molecule has 1 amide bonds. The third kappa shape index (κ3) is 2.53. The normalized spacial score (nSPS) is 17.5. The number of hydrogen-bond donors (Lipinski definition) is 0. The van der Waals surface area contributed by atoms with Gasteiger partial charge in [0.1, 0.15) is 0 Å². The summed E-state index contributed by atoms with van der Waals surface area (Å²) < 4.78 is 0. The Morgan fingerprint density at radius 3 is 2.73 bits per heavy atom. The standard InChI is InChI=1S/C17H15NOS3/c19-16(11-12-3-1-8-20-12)18-7-5-14-13(6-10-22-14)17(18)15-4-2-9-21-15/h1-4,6,8-10,17H,5,7,11H2. The Kier molecular flexibility index (Phi) is 3.86. The minimum absolute atomic E-state index is 0.0995. The molecular formula is C17H15NOS3. The van der Waals surface area contributed by atoms with Crippen LogP contribution in [0.15, 0.2) is 46.5 Å². The van der Waals surface area contributed by atoms with Gasteiger partial charge < -0.3 is 4.90 Å². The van der Waals surface area contributed by atoms with Crippen LogP contribution in [0.1, 0.15) is 26.2 Å². The highest BCUT2D eigenvalue weighted by Crippen LogP contribution is 2.39. The van der Waals surface area contributed by atoms with Crippen molar-refractivity contribution in [3.05, 3.63) is 66.7 Å². The largest absolute Gasteiger partial charge is 0.330 e. The van der Waals surface area contributed by atoms with Crippen LogP contribution in [-0.4, -0.2) is 17.4 Å². The lowest BCUT2D eigenvalue weighted by Gasteiger charge is -2.35. The van der Waals surface area contributed by atoms with Crippen LogP contribution in [-0.2, 0) is 17.6 Å². The molecule has 3 aromatic heterocycles. The lowest BCUT2D eigenvalue weighted by atomic mass is 9.98. The van der Waals surface area contributed by atoms with E-state index in [1.807, 2.05) is 28.8 Å². The number of carbonyl (C=O) groups excluding carboxylic acids is 1. The van der Waals surface area contributed by atoms with Gasteiger partial charge in [0.05, 0.1) is 12.5 Å². The third-order valence-electron chi connectivity index (χ3n) is 4.00. The molecule has 112 valence electrons. The van der Waals surface area contributed by atoms with E-state index in [-0.39, 0.29) is 11.9 Å². The molecule has 0 bridgehead atoms. The van der Waals surface area contributed by atoms with Gasteiger partial charge in [-0.3, -0.25) is 4.79 Å². The Morgan fingerprint density at radius 2 is 1.95 bits per heavy atom. The molecule has 1 atom stereocenters. The molecule has 1 unspecified atom stereocenters. The number of thiophene rings is 3. The van der Waals surface area contributed by atoms with Gasteiger partial charge in [-0.15, -0.1) is 34.0 Å². The van der Waals surface area contributed by atoms with E-state index in [1.54, 1.807) is 22.7 Å². The average molecular weight is 346 g/mol. The van der Waals surface area contributed by atoms with Crippen molar-refractivity contribution in [3.8, 4) is 0 Å². The summed E-state index contributed by atoms with van der Waals surface area (Å²) in [7, 11) is 0. The van der Waals surface area contributed by atoms with Gasteiger partial charge in [-0.25, -0.2) is 0 Å². The van der Waals surface area contributed by atoms with Crippen LogP contribution in [0.4, 0.5) is 0 Å². The quantitative estimate of drug-likeness (QED) is 0.680. The molecule has 5 heteroatoms. The number of nitrogens with zero attached hydrogens (tertiary/aromatic N) is 1. The Hall–Kier alpha value is -1.43. The first kappa shape index (κ1) is 14.2. The summed E-state index contributed by atoms with van der Waals surface area (Å²) in [6.45, 7) is 0.820. The summed E-state index contributed by atoms with van der Waals surface area (Å²) in [6, 6.07) is 10.6.